The lowest BCUT2D eigenvalue weighted by Crippen LogP contribution is -2.02. The number of hydrogen-bond acceptors (Lipinski definition) is 7. The van der Waals surface area contributed by atoms with E-state index < -0.39 is 5.63 Å². The van der Waals surface area contributed by atoms with E-state index in [4.69, 9.17) is 8.94 Å². The molecule has 0 aliphatic rings. The van der Waals surface area contributed by atoms with Gasteiger partial charge in [-0.3, -0.25) is 0 Å². The third-order valence-electron chi connectivity index (χ3n) is 5.62. The van der Waals surface area contributed by atoms with Crippen LogP contribution in [0.1, 0.15) is 10.6 Å². The molecule has 0 atom stereocenters. The molecule has 0 bridgehead atoms. The smallest absolute Gasteiger partial charge is 0.345 e. The molecule has 0 N–H and O–H groups in total. The van der Waals surface area contributed by atoms with Crippen LogP contribution in [0, 0.1) is 11.3 Å². The van der Waals surface area contributed by atoms with Crippen LogP contribution < -0.4 is 5.63 Å². The van der Waals surface area contributed by atoms with Crippen molar-refractivity contribution in [2.45, 2.75) is 0 Å². The Hall–Kier alpha value is -4.80. The van der Waals surface area contributed by atoms with Crippen LogP contribution in [0.3, 0.4) is 0 Å². The van der Waals surface area contributed by atoms with Gasteiger partial charge in [-0.15, -0.1) is 11.3 Å². The fraction of sp³-hybridized carbons (Fsp3) is 0. The molecule has 3 aromatic heterocycles. The molecule has 3 aromatic carbocycles. The zero-order chi connectivity index (χ0) is 23.8. The van der Waals surface area contributed by atoms with E-state index in [0.717, 1.165) is 27.4 Å². The minimum absolute atomic E-state index is 0.363. The lowest BCUT2D eigenvalue weighted by molar-refractivity contribution is 0.441. The van der Waals surface area contributed by atoms with Gasteiger partial charge in [0.1, 0.15) is 22.2 Å². The fourth-order valence-corrected chi connectivity index (χ4v) is 4.70. The number of hydrogen-bond donors (Lipinski definition) is 0. The van der Waals surface area contributed by atoms with Crippen molar-refractivity contribution in [3.8, 4) is 28.7 Å². The Kier molecular flexibility index (Phi) is 5.06. The van der Waals surface area contributed by atoms with E-state index >= 15 is 0 Å². The van der Waals surface area contributed by atoms with Crippen molar-refractivity contribution in [1.29, 1.82) is 5.26 Å². The van der Waals surface area contributed by atoms with E-state index in [-0.39, 0.29) is 0 Å². The monoisotopic (exact) mass is 473 g/mol. The van der Waals surface area contributed by atoms with E-state index in [2.05, 4.69) is 16.2 Å². The Labute approximate surface area is 203 Å². The van der Waals surface area contributed by atoms with Gasteiger partial charge >= 0.3 is 5.63 Å². The Balaban J connectivity index is 1.39. The molecule has 35 heavy (non-hydrogen) atoms. The Morgan fingerprint density at radius 1 is 1.00 bits per heavy atom. The second-order valence-corrected chi connectivity index (χ2v) is 8.71. The second-order valence-electron chi connectivity index (χ2n) is 7.85. The maximum atomic E-state index is 12.5. The molecule has 0 fully saturated rings. The molecule has 0 spiro atoms. The highest BCUT2D eigenvalue weighted by Gasteiger charge is 2.15. The minimum atomic E-state index is -0.464. The maximum Gasteiger partial charge on any atom is 0.345 e. The van der Waals surface area contributed by atoms with Crippen molar-refractivity contribution in [1.82, 2.24) is 10.1 Å². The third-order valence-corrected chi connectivity index (χ3v) is 6.50. The van der Waals surface area contributed by atoms with Gasteiger partial charge in [-0.2, -0.15) is 5.26 Å². The molecule has 6 nitrogen and oxygen atoms in total. The molecule has 0 unspecified atom stereocenters. The minimum Gasteiger partial charge on any atom is -0.422 e. The van der Waals surface area contributed by atoms with Crippen LogP contribution in [-0.2, 0) is 0 Å². The van der Waals surface area contributed by atoms with Gasteiger partial charge in [0.15, 0.2) is 5.76 Å². The summed E-state index contributed by atoms with van der Waals surface area (Å²) in [5, 5.41) is 18.0. The van der Waals surface area contributed by atoms with Crippen molar-refractivity contribution in [3.05, 3.63) is 105 Å². The van der Waals surface area contributed by atoms with E-state index in [9.17, 15) is 10.1 Å². The number of nitrogens with zero attached hydrogens (tertiary/aromatic N) is 3. The van der Waals surface area contributed by atoms with Gasteiger partial charge in [-0.1, -0.05) is 59.8 Å². The summed E-state index contributed by atoms with van der Waals surface area (Å²) in [4.78, 5) is 17.1. The first kappa shape index (κ1) is 20.8. The zero-order valence-corrected chi connectivity index (χ0v) is 19.0. The Morgan fingerprint density at radius 2 is 1.83 bits per heavy atom. The quantitative estimate of drug-likeness (QED) is 0.207. The lowest BCUT2D eigenvalue weighted by atomic mass is 10.0. The normalized spacial score (nSPS) is 11.7. The van der Waals surface area contributed by atoms with Gasteiger partial charge in [0.2, 0.25) is 0 Å². The maximum absolute atomic E-state index is 12.5. The fourth-order valence-electron chi connectivity index (χ4n) is 3.92. The molecular weight excluding hydrogens is 458 g/mol. The summed E-state index contributed by atoms with van der Waals surface area (Å²) < 4.78 is 11.0. The first-order chi connectivity index (χ1) is 17.2. The van der Waals surface area contributed by atoms with Crippen molar-refractivity contribution in [2.75, 3.05) is 0 Å². The SMILES string of the molecule is N#C/C(=C\c1ccc2noc(-c3ccccc3)c2c1)c1nc(-c2cc3ccccc3oc2=O)cs1. The number of para-hydroxylation sites is 1. The van der Waals surface area contributed by atoms with Crippen LogP contribution in [-0.4, -0.2) is 10.1 Å². The summed E-state index contributed by atoms with van der Waals surface area (Å²) in [6.45, 7) is 0. The van der Waals surface area contributed by atoms with Crippen molar-refractivity contribution in [2.24, 2.45) is 0 Å². The largest absolute Gasteiger partial charge is 0.422 e. The van der Waals surface area contributed by atoms with E-state index in [1.807, 2.05) is 66.7 Å². The molecule has 3 heterocycles. The Bertz CT molecular complexity index is 1840. The number of fused-ring (bicyclic) bond motifs is 2. The molecule has 166 valence electrons. The molecule has 0 saturated carbocycles. The average Bonchev–Trinajstić information content (AvgIpc) is 3.55. The predicted molar refractivity (Wildman–Crippen MR) is 137 cm³/mol. The molecule has 0 saturated heterocycles. The topological polar surface area (TPSA) is 92.9 Å². The lowest BCUT2D eigenvalue weighted by Gasteiger charge is -2.00. The van der Waals surface area contributed by atoms with Crippen molar-refractivity contribution >= 4 is 44.9 Å². The van der Waals surface area contributed by atoms with E-state index in [0.29, 0.717) is 33.2 Å². The van der Waals surface area contributed by atoms with Crippen LogP contribution in [0.5, 0.6) is 0 Å². The summed E-state index contributed by atoms with van der Waals surface area (Å²) in [7, 11) is 0. The number of thiazole rings is 1. The Morgan fingerprint density at radius 3 is 2.69 bits per heavy atom. The van der Waals surface area contributed by atoms with Crippen molar-refractivity contribution < 1.29 is 8.94 Å². The van der Waals surface area contributed by atoms with E-state index in [1.165, 1.54) is 11.3 Å². The second kappa shape index (κ2) is 8.52. The van der Waals surface area contributed by atoms with Gasteiger partial charge in [-0.25, -0.2) is 9.78 Å². The van der Waals surface area contributed by atoms with Gasteiger partial charge < -0.3 is 8.94 Å². The highest BCUT2D eigenvalue weighted by Crippen LogP contribution is 2.31. The first-order valence-corrected chi connectivity index (χ1v) is 11.6. The molecule has 6 aromatic rings. The molecule has 0 aliphatic carbocycles. The van der Waals surface area contributed by atoms with Gasteiger partial charge in [0.25, 0.3) is 0 Å². The van der Waals surface area contributed by atoms with Gasteiger partial charge in [0, 0.05) is 16.3 Å². The molecule has 0 aliphatic heterocycles. The third kappa shape index (κ3) is 3.82. The van der Waals surface area contributed by atoms with E-state index in [1.54, 1.807) is 23.6 Å². The number of benzene rings is 3. The highest BCUT2D eigenvalue weighted by atomic mass is 32.1. The molecule has 0 radical (unpaired) electrons. The number of rotatable bonds is 4. The van der Waals surface area contributed by atoms with Crippen LogP contribution in [0.4, 0.5) is 0 Å². The summed E-state index contributed by atoms with van der Waals surface area (Å²) in [6, 6.07) is 26.7. The molecule has 7 heteroatoms. The van der Waals surface area contributed by atoms with Crippen molar-refractivity contribution in [3.63, 3.8) is 0 Å². The number of aromatic nitrogens is 2. The molecule has 6 rings (SSSR count). The summed E-state index contributed by atoms with van der Waals surface area (Å²) in [5.74, 6) is 0.675. The summed E-state index contributed by atoms with van der Waals surface area (Å²) in [5.41, 5.74) is 3.77. The number of nitriles is 1. The standard InChI is InChI=1S/C28H15N3O3S/c29-15-20(12-17-10-11-23-21(13-17)26(34-31-23)18-6-2-1-3-7-18)27-30-24(16-35-27)22-14-19-8-4-5-9-25(19)33-28(22)32/h1-14,16H/b20-12+. The summed E-state index contributed by atoms with van der Waals surface area (Å²) in [6.07, 6.45) is 1.77. The highest BCUT2D eigenvalue weighted by molar-refractivity contribution is 7.11. The predicted octanol–water partition coefficient (Wildman–Crippen LogP) is 6.79. The first-order valence-electron chi connectivity index (χ1n) is 10.8. The molecular formula is C28H15N3O3S. The van der Waals surface area contributed by atoms with Gasteiger partial charge in [0.05, 0.1) is 22.2 Å². The van der Waals surface area contributed by atoms with Crippen LogP contribution in [0.15, 0.2) is 98.0 Å². The van der Waals surface area contributed by atoms with Crippen LogP contribution in [0.25, 0.3) is 56.1 Å². The van der Waals surface area contributed by atoms with Crippen LogP contribution in [0.2, 0.25) is 0 Å². The molecule has 0 amide bonds. The van der Waals surface area contributed by atoms with Gasteiger partial charge in [-0.05, 0) is 35.9 Å². The zero-order valence-electron chi connectivity index (χ0n) is 18.1. The number of allylic oxidation sites excluding steroid dienone is 1. The average molecular weight is 474 g/mol. The van der Waals surface area contributed by atoms with Crippen LogP contribution >= 0.6 is 11.3 Å². The summed E-state index contributed by atoms with van der Waals surface area (Å²) >= 11 is 1.30.